The fourth-order valence-corrected chi connectivity index (χ4v) is 2.76. The predicted molar refractivity (Wildman–Crippen MR) is 82.4 cm³/mol. The Morgan fingerprint density at radius 2 is 1.90 bits per heavy atom. The summed E-state index contributed by atoms with van der Waals surface area (Å²) in [7, 11) is 0. The highest BCUT2D eigenvalue weighted by Gasteiger charge is 2.33. The topological polar surface area (TPSA) is 72.2 Å². The van der Waals surface area contributed by atoms with Crippen molar-refractivity contribution in [1.82, 2.24) is 5.32 Å². The van der Waals surface area contributed by atoms with Gasteiger partial charge in [0.1, 0.15) is 5.54 Å². The van der Waals surface area contributed by atoms with Crippen LogP contribution in [0.25, 0.3) is 0 Å². The summed E-state index contributed by atoms with van der Waals surface area (Å²) >= 11 is 1.44. The Bertz CT molecular complexity index is 462. The van der Waals surface area contributed by atoms with E-state index in [0.29, 0.717) is 6.42 Å². The Morgan fingerprint density at radius 3 is 2.40 bits per heavy atom. The third-order valence-electron chi connectivity index (χ3n) is 2.89. The molecule has 110 valence electrons. The van der Waals surface area contributed by atoms with Gasteiger partial charge in [0, 0.05) is 4.90 Å². The van der Waals surface area contributed by atoms with Crippen LogP contribution in [-0.4, -0.2) is 23.1 Å². The third-order valence-corrected chi connectivity index (χ3v) is 3.90. The fraction of sp³-hybridized carbons (Fsp3) is 0.467. The molecule has 20 heavy (non-hydrogen) atoms. The van der Waals surface area contributed by atoms with Crippen LogP contribution in [0.4, 0.5) is 0 Å². The first-order valence-electron chi connectivity index (χ1n) is 6.62. The van der Waals surface area contributed by atoms with Gasteiger partial charge in [0.05, 0.1) is 5.75 Å². The molecule has 0 bridgehead atoms. The second-order valence-electron chi connectivity index (χ2n) is 5.44. The molecule has 0 saturated carbocycles. The van der Waals surface area contributed by atoms with E-state index in [1.807, 2.05) is 44.2 Å². The van der Waals surface area contributed by atoms with E-state index in [-0.39, 0.29) is 17.6 Å². The van der Waals surface area contributed by atoms with E-state index in [1.165, 1.54) is 11.8 Å². The van der Waals surface area contributed by atoms with Crippen LogP contribution >= 0.6 is 11.8 Å². The summed E-state index contributed by atoms with van der Waals surface area (Å²) in [5.74, 6) is -0.134. The molecule has 2 amide bonds. The lowest BCUT2D eigenvalue weighted by Gasteiger charge is -2.29. The zero-order chi connectivity index (χ0) is 15.2. The van der Waals surface area contributed by atoms with Gasteiger partial charge in [0.15, 0.2) is 0 Å². The van der Waals surface area contributed by atoms with Crippen LogP contribution in [0, 0.1) is 5.92 Å². The molecule has 0 heterocycles. The van der Waals surface area contributed by atoms with Crippen molar-refractivity contribution in [2.45, 2.75) is 37.6 Å². The molecule has 5 heteroatoms. The highest BCUT2D eigenvalue weighted by atomic mass is 32.2. The maximum absolute atomic E-state index is 12.0. The summed E-state index contributed by atoms with van der Waals surface area (Å²) in [5.41, 5.74) is 4.43. The smallest absolute Gasteiger partial charge is 0.242 e. The Hall–Kier alpha value is -1.49. The van der Waals surface area contributed by atoms with Gasteiger partial charge in [-0.2, -0.15) is 0 Å². The highest BCUT2D eigenvalue weighted by Crippen LogP contribution is 2.19. The van der Waals surface area contributed by atoms with Crippen LogP contribution < -0.4 is 11.1 Å². The average molecular weight is 294 g/mol. The summed E-state index contributed by atoms with van der Waals surface area (Å²) in [5, 5.41) is 2.76. The summed E-state index contributed by atoms with van der Waals surface area (Å²) in [6.07, 6.45) is 0.532. The molecular weight excluding hydrogens is 272 g/mol. The second-order valence-corrected chi connectivity index (χ2v) is 6.49. The molecule has 1 unspecified atom stereocenters. The van der Waals surface area contributed by atoms with Crippen molar-refractivity contribution in [2.75, 3.05) is 5.75 Å². The van der Waals surface area contributed by atoms with E-state index in [1.54, 1.807) is 6.92 Å². The van der Waals surface area contributed by atoms with Gasteiger partial charge in [0.25, 0.3) is 0 Å². The quantitative estimate of drug-likeness (QED) is 0.757. The second kappa shape index (κ2) is 7.33. The van der Waals surface area contributed by atoms with E-state index in [0.717, 1.165) is 4.90 Å². The van der Waals surface area contributed by atoms with Crippen molar-refractivity contribution in [2.24, 2.45) is 11.7 Å². The number of nitrogens with two attached hydrogens (primary N) is 1. The maximum Gasteiger partial charge on any atom is 0.242 e. The normalized spacial score (nSPS) is 13.8. The van der Waals surface area contributed by atoms with Crippen LogP contribution in [0.1, 0.15) is 27.2 Å². The van der Waals surface area contributed by atoms with Crippen LogP contribution in [0.5, 0.6) is 0 Å². The summed E-state index contributed by atoms with van der Waals surface area (Å²) < 4.78 is 0. The van der Waals surface area contributed by atoms with Crippen molar-refractivity contribution in [1.29, 1.82) is 0 Å². The zero-order valence-electron chi connectivity index (χ0n) is 12.2. The van der Waals surface area contributed by atoms with Crippen molar-refractivity contribution < 1.29 is 9.59 Å². The van der Waals surface area contributed by atoms with Gasteiger partial charge in [-0.05, 0) is 31.4 Å². The van der Waals surface area contributed by atoms with Crippen molar-refractivity contribution in [3.8, 4) is 0 Å². The molecule has 0 fully saturated rings. The highest BCUT2D eigenvalue weighted by molar-refractivity contribution is 8.00. The number of primary amides is 1. The van der Waals surface area contributed by atoms with Crippen LogP contribution in [0.15, 0.2) is 35.2 Å². The molecule has 0 aliphatic carbocycles. The Morgan fingerprint density at radius 1 is 1.30 bits per heavy atom. The number of hydrogen-bond acceptors (Lipinski definition) is 3. The number of benzene rings is 1. The molecular formula is C15H22N2O2S. The molecule has 4 nitrogen and oxygen atoms in total. The molecule has 0 aliphatic rings. The predicted octanol–water partition coefficient (Wildman–Crippen LogP) is 2.19. The largest absolute Gasteiger partial charge is 0.368 e. The van der Waals surface area contributed by atoms with Gasteiger partial charge < -0.3 is 11.1 Å². The molecule has 3 N–H and O–H groups in total. The number of carbonyl (C=O) groups is 2. The molecule has 1 aromatic rings. The molecule has 0 spiro atoms. The van der Waals surface area contributed by atoms with Gasteiger partial charge in [-0.25, -0.2) is 0 Å². The van der Waals surface area contributed by atoms with Gasteiger partial charge in [-0.3, -0.25) is 9.59 Å². The number of amides is 2. The van der Waals surface area contributed by atoms with Crippen LogP contribution in [0.3, 0.4) is 0 Å². The minimum atomic E-state index is -0.984. The number of hydrogen-bond donors (Lipinski definition) is 2. The molecule has 0 aromatic heterocycles. The number of thioether (sulfide) groups is 1. The third kappa shape index (κ3) is 5.25. The average Bonchev–Trinajstić information content (AvgIpc) is 2.36. The lowest BCUT2D eigenvalue weighted by Crippen LogP contribution is -2.56. The van der Waals surface area contributed by atoms with Gasteiger partial charge in [0.2, 0.25) is 11.8 Å². The summed E-state index contributed by atoms with van der Waals surface area (Å²) in [6, 6.07) is 9.66. The summed E-state index contributed by atoms with van der Waals surface area (Å²) in [6.45, 7) is 5.67. The number of nitrogens with one attached hydrogen (secondary N) is 1. The zero-order valence-corrected chi connectivity index (χ0v) is 13.0. The number of rotatable bonds is 7. The molecule has 0 aliphatic heterocycles. The van der Waals surface area contributed by atoms with E-state index in [2.05, 4.69) is 5.32 Å². The summed E-state index contributed by atoms with van der Waals surface area (Å²) in [4.78, 5) is 24.6. The minimum absolute atomic E-state index is 0.180. The molecule has 0 saturated heterocycles. The monoisotopic (exact) mass is 294 g/mol. The van der Waals surface area contributed by atoms with Gasteiger partial charge in [-0.15, -0.1) is 11.8 Å². The standard InChI is InChI=1S/C15H22N2O2S/c1-11(2)9-15(3,14(16)19)17-13(18)10-20-12-7-5-4-6-8-12/h4-8,11H,9-10H2,1-3H3,(H2,16,19)(H,17,18). The van der Waals surface area contributed by atoms with Crippen molar-refractivity contribution in [3.05, 3.63) is 30.3 Å². The molecule has 1 aromatic carbocycles. The van der Waals surface area contributed by atoms with Gasteiger partial charge in [-0.1, -0.05) is 32.0 Å². The van der Waals surface area contributed by atoms with E-state index >= 15 is 0 Å². The van der Waals surface area contributed by atoms with Crippen LogP contribution in [-0.2, 0) is 9.59 Å². The lowest BCUT2D eigenvalue weighted by atomic mass is 9.90. The fourth-order valence-electron chi connectivity index (χ4n) is 2.04. The Balaban J connectivity index is 2.56. The van der Waals surface area contributed by atoms with Crippen molar-refractivity contribution in [3.63, 3.8) is 0 Å². The van der Waals surface area contributed by atoms with E-state index < -0.39 is 11.4 Å². The Kier molecular flexibility index (Phi) is 6.07. The first-order valence-corrected chi connectivity index (χ1v) is 7.61. The molecule has 1 rings (SSSR count). The molecule has 0 radical (unpaired) electrons. The van der Waals surface area contributed by atoms with Crippen molar-refractivity contribution >= 4 is 23.6 Å². The lowest BCUT2D eigenvalue weighted by molar-refractivity contribution is -0.130. The maximum atomic E-state index is 12.0. The Labute approximate surface area is 124 Å². The van der Waals surface area contributed by atoms with E-state index in [4.69, 9.17) is 5.73 Å². The van der Waals surface area contributed by atoms with Crippen LogP contribution in [0.2, 0.25) is 0 Å². The first kappa shape index (κ1) is 16.6. The SMILES string of the molecule is CC(C)CC(C)(NC(=O)CSc1ccccc1)C(N)=O. The molecule has 1 atom stereocenters. The minimum Gasteiger partial charge on any atom is -0.368 e. The van der Waals surface area contributed by atoms with Gasteiger partial charge >= 0.3 is 0 Å². The number of carbonyl (C=O) groups excluding carboxylic acids is 2. The van der Waals surface area contributed by atoms with E-state index in [9.17, 15) is 9.59 Å². The first-order chi connectivity index (χ1) is 9.33.